The Hall–Kier alpha value is -4.89. The Kier molecular flexibility index (Phi) is 12.2. The number of rotatable bonds is 8. The summed E-state index contributed by atoms with van der Waals surface area (Å²) in [7, 11) is 0. The van der Waals surface area contributed by atoms with Gasteiger partial charge in [0, 0.05) is 21.7 Å². The first-order chi connectivity index (χ1) is 34.8. The van der Waals surface area contributed by atoms with Crippen LogP contribution in [0.15, 0.2) is 89.8 Å². The molecule has 5 saturated carbocycles. The van der Waals surface area contributed by atoms with Crippen molar-refractivity contribution in [2.75, 3.05) is 13.2 Å². The molecule has 10 aliphatic rings. The molecule has 13 nitrogen and oxygen atoms in total. The Bertz CT molecular complexity index is 2810. The first-order valence-corrected chi connectivity index (χ1v) is 27.0. The van der Waals surface area contributed by atoms with Crippen LogP contribution in [0.25, 0.3) is 0 Å². The highest BCUT2D eigenvalue weighted by molar-refractivity contribution is 6.01. The van der Waals surface area contributed by atoms with Crippen molar-refractivity contribution in [2.24, 2.45) is 68.0 Å². The summed E-state index contributed by atoms with van der Waals surface area (Å²) in [6.07, 6.45) is 14.4. The van der Waals surface area contributed by atoms with Crippen LogP contribution < -0.4 is 0 Å². The van der Waals surface area contributed by atoms with Crippen LogP contribution in [0.5, 0.6) is 0 Å². The lowest BCUT2D eigenvalue weighted by atomic mass is 9.46. The maximum Gasteiger partial charge on any atom is 0.343 e. The van der Waals surface area contributed by atoms with Crippen molar-refractivity contribution in [1.29, 1.82) is 0 Å². The summed E-state index contributed by atoms with van der Waals surface area (Å²) in [5.41, 5.74) is -6.54. The number of ether oxygens (including phenoxy) is 5. The number of aliphatic hydroxyl groups is 2. The van der Waals surface area contributed by atoms with Gasteiger partial charge in [-0.3, -0.25) is 24.0 Å². The molecule has 2 heterocycles. The molecule has 11 rings (SSSR count). The molecule has 0 amide bonds. The number of hydrogen-bond donors (Lipinski definition) is 2. The van der Waals surface area contributed by atoms with E-state index in [2.05, 4.69) is 19.1 Å². The number of carbonyl (C=O) groups excluding carboxylic acids is 6. The molecule has 2 aliphatic heterocycles. The number of hydrogen-bond acceptors (Lipinski definition) is 13. The average Bonchev–Trinajstić information content (AvgIpc) is 4.38. The van der Waals surface area contributed by atoms with Crippen molar-refractivity contribution < 1.29 is 67.1 Å². The molecule has 404 valence electrons. The number of benzene rings is 1. The normalized spacial score (nSPS) is 44.1. The standard InChI is InChI=1S/C34H40O7.C27H35FO6/c1-20-16-25-24-13-12-22-17-23(40-28(36)21-10-8-7-9-11-21)14-15-31(22,5)34(24)27(41-34)18-32(25,6)33(20,38)26(35)19-39-29(37)30(2,3)4;1-14-9-16-17-11-19(28)18-10-15(29)7-8-24(18,5)27(17)21(34-27)12-25(16,6)26(14,32)20(30)13-33-22(31)23(2,3)4/h7-12,14-15,17,20,24-25,27,38H,13,16,18-19H2,1-6H3;7-8,10,14,16-17,19,21,32H,9,11-13H2,1-6H3/t20-,24?,25?,27+,31+,32+,33+,34-;14-,16?,17?,19+,21+,24+,25+,26+,27-/m11/s1. The van der Waals surface area contributed by atoms with E-state index in [4.69, 9.17) is 23.7 Å². The van der Waals surface area contributed by atoms with Crippen molar-refractivity contribution >= 4 is 35.3 Å². The van der Waals surface area contributed by atoms with Crippen molar-refractivity contribution in [2.45, 2.75) is 162 Å². The van der Waals surface area contributed by atoms with E-state index < -0.39 is 104 Å². The Morgan fingerprint density at radius 1 is 0.680 bits per heavy atom. The summed E-state index contributed by atoms with van der Waals surface area (Å²) in [5, 5.41) is 24.1. The van der Waals surface area contributed by atoms with Crippen molar-refractivity contribution in [1.82, 2.24) is 0 Å². The van der Waals surface area contributed by atoms with Crippen LogP contribution in [0.4, 0.5) is 4.39 Å². The third kappa shape index (κ3) is 7.33. The average molecular weight is 1040 g/mol. The number of carbonyl (C=O) groups is 6. The zero-order valence-corrected chi connectivity index (χ0v) is 45.5. The number of allylic oxidation sites excluding steroid dienone is 5. The Morgan fingerprint density at radius 3 is 1.69 bits per heavy atom. The highest BCUT2D eigenvalue weighted by Gasteiger charge is 2.84. The van der Waals surface area contributed by atoms with E-state index in [9.17, 15) is 39.0 Å². The number of ketones is 3. The summed E-state index contributed by atoms with van der Waals surface area (Å²) in [6, 6.07) is 8.93. The lowest BCUT2D eigenvalue weighted by Gasteiger charge is -2.56. The lowest BCUT2D eigenvalue weighted by Crippen LogP contribution is -2.63. The Balaban J connectivity index is 0.000000174. The van der Waals surface area contributed by atoms with Crippen LogP contribution in [-0.2, 0) is 47.7 Å². The van der Waals surface area contributed by atoms with Gasteiger partial charge in [0.25, 0.3) is 0 Å². The van der Waals surface area contributed by atoms with E-state index >= 15 is 4.39 Å². The van der Waals surface area contributed by atoms with E-state index in [0.717, 1.165) is 12.0 Å². The minimum Gasteiger partial charge on any atom is -0.457 e. The SMILES string of the molecule is C[C@@H]1CC2C3CC=C4C=C(OC(=O)c5ccccc5)C=C[C@]4(C)[C@@]34O[C@H]4C[C@]2(C)[C@@]1(O)C(=O)COC(=O)C(C)(C)C.C[C@@H]1CC2C3C[C@H](F)C4=CC(=O)C=C[C@]4(C)[C@@]34O[C@H]4C[C@]2(C)[C@@]1(O)C(=O)COC(=O)C(C)(C)C. The van der Waals surface area contributed by atoms with Crippen molar-refractivity contribution in [3.05, 3.63) is 95.3 Å². The van der Waals surface area contributed by atoms with Gasteiger partial charge in [-0.25, -0.2) is 9.18 Å². The van der Waals surface area contributed by atoms with E-state index in [0.29, 0.717) is 42.6 Å². The zero-order chi connectivity index (χ0) is 54.6. The first-order valence-electron chi connectivity index (χ1n) is 27.0. The highest BCUT2D eigenvalue weighted by atomic mass is 19.1. The van der Waals surface area contributed by atoms with Crippen molar-refractivity contribution in [3.63, 3.8) is 0 Å². The molecular formula is C61H75FO13. The molecule has 17 atom stereocenters. The van der Waals surface area contributed by atoms with Crippen LogP contribution in [0.1, 0.15) is 132 Å². The van der Waals surface area contributed by atoms with Crippen LogP contribution in [-0.4, -0.2) is 99.5 Å². The molecule has 1 aromatic carbocycles. The van der Waals surface area contributed by atoms with Gasteiger partial charge < -0.3 is 33.9 Å². The second-order valence-corrected chi connectivity index (χ2v) is 26.7. The predicted octanol–water partition coefficient (Wildman–Crippen LogP) is 8.85. The van der Waals surface area contributed by atoms with Gasteiger partial charge >= 0.3 is 17.9 Å². The molecule has 8 aliphatic carbocycles. The van der Waals surface area contributed by atoms with Crippen LogP contribution >= 0.6 is 0 Å². The maximum atomic E-state index is 15.6. The van der Waals surface area contributed by atoms with Gasteiger partial charge in [0.1, 0.15) is 34.3 Å². The Morgan fingerprint density at radius 2 is 1.17 bits per heavy atom. The van der Waals surface area contributed by atoms with E-state index in [1.165, 1.54) is 12.2 Å². The van der Waals surface area contributed by atoms with Crippen LogP contribution in [0, 0.1) is 68.0 Å². The molecule has 0 bridgehead atoms. The molecule has 0 aromatic heterocycles. The van der Waals surface area contributed by atoms with Gasteiger partial charge in [0.15, 0.2) is 19.0 Å². The van der Waals surface area contributed by atoms with E-state index in [1.807, 2.05) is 52.8 Å². The molecule has 2 spiro atoms. The molecule has 4 unspecified atom stereocenters. The monoisotopic (exact) mass is 1030 g/mol. The third-order valence-electron chi connectivity index (χ3n) is 20.8. The van der Waals surface area contributed by atoms with Gasteiger partial charge in [-0.2, -0.15) is 0 Å². The predicted molar refractivity (Wildman–Crippen MR) is 273 cm³/mol. The maximum absolute atomic E-state index is 15.6. The largest absolute Gasteiger partial charge is 0.457 e. The molecule has 1 aromatic rings. The third-order valence-corrected chi connectivity index (χ3v) is 20.8. The summed E-state index contributed by atoms with van der Waals surface area (Å²) in [6.45, 7) is 21.3. The molecule has 75 heavy (non-hydrogen) atoms. The summed E-state index contributed by atoms with van der Waals surface area (Å²) >= 11 is 0. The number of Topliss-reactive ketones (excluding diaryl/α,β-unsaturated/α-hetero) is 2. The lowest BCUT2D eigenvalue weighted by molar-refractivity contribution is -0.174. The highest BCUT2D eigenvalue weighted by Crippen LogP contribution is 2.78. The molecule has 2 N–H and O–H groups in total. The molecular weight excluding hydrogens is 960 g/mol. The van der Waals surface area contributed by atoms with Gasteiger partial charge in [-0.1, -0.05) is 64.1 Å². The molecule has 14 heteroatoms. The first kappa shape index (κ1) is 53.5. The van der Waals surface area contributed by atoms with Crippen molar-refractivity contribution in [3.8, 4) is 0 Å². The molecule has 2 saturated heterocycles. The van der Waals surface area contributed by atoms with Gasteiger partial charge in [-0.05, 0) is 177 Å². The zero-order valence-electron chi connectivity index (χ0n) is 45.5. The minimum absolute atomic E-state index is 0.0489. The van der Waals surface area contributed by atoms with Gasteiger partial charge in [0.2, 0.25) is 11.6 Å². The topological polar surface area (TPSA) is 196 Å². The fourth-order valence-electron chi connectivity index (χ4n) is 16.6. The minimum atomic E-state index is -1.70. The van der Waals surface area contributed by atoms with Gasteiger partial charge in [-0.15, -0.1) is 0 Å². The summed E-state index contributed by atoms with van der Waals surface area (Å²) in [4.78, 5) is 76.4. The molecule has 7 fully saturated rings. The number of epoxide rings is 2. The Labute approximate surface area is 439 Å². The summed E-state index contributed by atoms with van der Waals surface area (Å²) < 4.78 is 45.0. The second-order valence-electron chi connectivity index (χ2n) is 26.7. The summed E-state index contributed by atoms with van der Waals surface area (Å²) in [5.74, 6) is -2.84. The quantitative estimate of drug-likeness (QED) is 0.143. The molecule has 0 radical (unpaired) electrons. The number of esters is 3. The van der Waals surface area contributed by atoms with Gasteiger partial charge in [0.05, 0.1) is 28.6 Å². The van der Waals surface area contributed by atoms with Crippen LogP contribution in [0.3, 0.4) is 0 Å². The van der Waals surface area contributed by atoms with E-state index in [1.54, 1.807) is 71.9 Å². The number of alkyl halides is 1. The second kappa shape index (κ2) is 17.1. The number of fused-ring (bicyclic) bond motifs is 6. The van der Waals surface area contributed by atoms with Crippen LogP contribution in [0.2, 0.25) is 0 Å². The smallest absolute Gasteiger partial charge is 0.343 e. The number of halogens is 1. The fourth-order valence-corrected chi connectivity index (χ4v) is 16.6. The van der Waals surface area contributed by atoms with E-state index in [-0.39, 0.29) is 59.9 Å². The fraction of sp³-hybridized carbons (Fsp3) is 0.639.